The van der Waals surface area contributed by atoms with Gasteiger partial charge in [0.05, 0.1) is 34.1 Å². The van der Waals surface area contributed by atoms with Crippen molar-refractivity contribution >= 4 is 17.1 Å². The van der Waals surface area contributed by atoms with Crippen molar-refractivity contribution in [2.24, 2.45) is 0 Å². The van der Waals surface area contributed by atoms with Crippen molar-refractivity contribution in [2.45, 2.75) is 25.7 Å². The molecule has 1 aromatic carbocycles. The quantitative estimate of drug-likeness (QED) is 0.607. The highest BCUT2D eigenvalue weighted by Crippen LogP contribution is 2.49. The first kappa shape index (κ1) is 16.4. The number of fused-ring (bicyclic) bond motifs is 1. The molecule has 124 valence electrons. The van der Waals surface area contributed by atoms with Crippen molar-refractivity contribution < 1.29 is 24.2 Å². The molecule has 1 aliphatic heterocycles. The van der Waals surface area contributed by atoms with Gasteiger partial charge < -0.3 is 9.47 Å². The molecule has 0 atom stereocenters. The molecular formula is C12H13N3O8. The van der Waals surface area contributed by atoms with Gasteiger partial charge in [0.15, 0.2) is 5.75 Å². The van der Waals surface area contributed by atoms with E-state index >= 15 is 0 Å². The molecule has 1 aliphatic rings. The van der Waals surface area contributed by atoms with Gasteiger partial charge in [-0.05, 0) is 25.7 Å². The molecule has 0 fully saturated rings. The van der Waals surface area contributed by atoms with E-state index < -0.39 is 37.6 Å². The lowest BCUT2D eigenvalue weighted by Crippen LogP contribution is -2.10. The van der Waals surface area contributed by atoms with Crippen LogP contribution in [0.15, 0.2) is 6.07 Å². The molecule has 0 saturated heterocycles. The van der Waals surface area contributed by atoms with Crippen LogP contribution in [0.2, 0.25) is 0 Å². The van der Waals surface area contributed by atoms with E-state index in [0.29, 0.717) is 12.8 Å². The average Bonchev–Trinajstić information content (AvgIpc) is 2.49. The van der Waals surface area contributed by atoms with Crippen molar-refractivity contribution in [3.05, 3.63) is 36.4 Å². The predicted octanol–water partition coefficient (Wildman–Crippen LogP) is 2.74. The third-order valence-corrected chi connectivity index (χ3v) is 3.28. The molecule has 1 aromatic rings. The summed E-state index contributed by atoms with van der Waals surface area (Å²) in [4.78, 5) is 30.2. The Morgan fingerprint density at radius 2 is 1.35 bits per heavy atom. The highest BCUT2D eigenvalue weighted by Gasteiger charge is 2.42. The lowest BCUT2D eigenvalue weighted by molar-refractivity contribution is -0.441. The van der Waals surface area contributed by atoms with Crippen molar-refractivity contribution in [3.63, 3.8) is 0 Å². The van der Waals surface area contributed by atoms with Crippen LogP contribution in [0.25, 0.3) is 0 Å². The Kier molecular flexibility index (Phi) is 4.88. The Hall–Kier alpha value is -2.98. The maximum atomic E-state index is 11.3. The van der Waals surface area contributed by atoms with Crippen LogP contribution in [-0.2, 0) is 0 Å². The number of benzene rings is 1. The Morgan fingerprint density at radius 3 is 1.87 bits per heavy atom. The Bertz CT molecular complexity index is 660. The molecule has 11 nitrogen and oxygen atoms in total. The van der Waals surface area contributed by atoms with Crippen LogP contribution in [0, 0.1) is 30.3 Å². The van der Waals surface area contributed by atoms with E-state index in [4.69, 9.17) is 9.47 Å². The summed E-state index contributed by atoms with van der Waals surface area (Å²) in [5, 5.41) is 33.4. The maximum Gasteiger partial charge on any atom is 0.426 e. The molecule has 0 aromatic heterocycles. The lowest BCUT2D eigenvalue weighted by atomic mass is 10.1. The summed E-state index contributed by atoms with van der Waals surface area (Å²) in [5.74, 6) is -0.662. The monoisotopic (exact) mass is 327 g/mol. The second-order valence-electron chi connectivity index (χ2n) is 4.80. The fourth-order valence-electron chi connectivity index (χ4n) is 2.25. The third-order valence-electron chi connectivity index (χ3n) is 3.28. The van der Waals surface area contributed by atoms with Crippen LogP contribution in [0.3, 0.4) is 0 Å². The second-order valence-corrected chi connectivity index (χ2v) is 4.80. The largest absolute Gasteiger partial charge is 0.489 e. The van der Waals surface area contributed by atoms with Gasteiger partial charge in [0, 0.05) is 0 Å². The topological polar surface area (TPSA) is 148 Å². The summed E-state index contributed by atoms with van der Waals surface area (Å²) in [6, 6.07) is 0.808. The summed E-state index contributed by atoms with van der Waals surface area (Å²) in [7, 11) is 0. The van der Waals surface area contributed by atoms with E-state index in [1.807, 2.05) is 0 Å². The van der Waals surface area contributed by atoms with Crippen molar-refractivity contribution in [1.82, 2.24) is 0 Å². The van der Waals surface area contributed by atoms with Gasteiger partial charge in [0.25, 0.3) is 0 Å². The van der Waals surface area contributed by atoms with Gasteiger partial charge in [-0.3, -0.25) is 30.3 Å². The van der Waals surface area contributed by atoms with Crippen molar-refractivity contribution in [2.75, 3.05) is 13.2 Å². The Morgan fingerprint density at radius 1 is 0.783 bits per heavy atom. The Labute approximate surface area is 129 Å². The minimum absolute atomic E-state index is 0.103. The molecule has 11 heteroatoms. The number of nitro groups is 3. The first-order valence-corrected chi connectivity index (χ1v) is 6.83. The molecule has 0 radical (unpaired) electrons. The molecule has 1 heterocycles. The minimum Gasteiger partial charge on any atom is -0.489 e. The molecule has 0 saturated carbocycles. The summed E-state index contributed by atoms with van der Waals surface area (Å²) in [5.41, 5.74) is -3.26. The van der Waals surface area contributed by atoms with Crippen LogP contribution in [0.4, 0.5) is 17.1 Å². The molecule has 2 rings (SSSR count). The van der Waals surface area contributed by atoms with Crippen LogP contribution < -0.4 is 9.47 Å². The zero-order valence-corrected chi connectivity index (χ0v) is 11.9. The predicted molar refractivity (Wildman–Crippen MR) is 75.9 cm³/mol. The van der Waals surface area contributed by atoms with Crippen LogP contribution in [-0.4, -0.2) is 28.0 Å². The number of hydrogen-bond donors (Lipinski definition) is 0. The number of nitro benzene ring substituents is 3. The van der Waals surface area contributed by atoms with Crippen LogP contribution in [0.5, 0.6) is 11.5 Å². The van der Waals surface area contributed by atoms with E-state index in [-0.39, 0.29) is 19.0 Å². The van der Waals surface area contributed by atoms with Crippen LogP contribution >= 0.6 is 0 Å². The van der Waals surface area contributed by atoms with E-state index in [9.17, 15) is 30.3 Å². The zero-order chi connectivity index (χ0) is 17.0. The first-order valence-electron chi connectivity index (χ1n) is 6.83. The van der Waals surface area contributed by atoms with E-state index in [1.54, 1.807) is 0 Å². The van der Waals surface area contributed by atoms with Crippen molar-refractivity contribution in [3.8, 4) is 11.5 Å². The highest BCUT2D eigenvalue weighted by molar-refractivity contribution is 5.76. The molecular weight excluding hydrogens is 314 g/mol. The minimum atomic E-state index is -1.21. The van der Waals surface area contributed by atoms with Gasteiger partial charge in [0.2, 0.25) is 5.75 Å². The number of nitrogens with zero attached hydrogens (tertiary/aromatic N) is 3. The molecule has 0 unspecified atom stereocenters. The fourth-order valence-corrected chi connectivity index (χ4v) is 2.25. The second kappa shape index (κ2) is 6.85. The van der Waals surface area contributed by atoms with Gasteiger partial charge in [-0.15, -0.1) is 0 Å². The van der Waals surface area contributed by atoms with Gasteiger partial charge >= 0.3 is 17.1 Å². The van der Waals surface area contributed by atoms with Gasteiger partial charge in [-0.1, -0.05) is 0 Å². The normalized spacial score (nSPS) is 14.8. The van der Waals surface area contributed by atoms with Gasteiger partial charge in [0.1, 0.15) is 0 Å². The molecule has 0 bridgehead atoms. The summed E-state index contributed by atoms with van der Waals surface area (Å²) < 4.78 is 10.6. The molecule has 0 spiro atoms. The van der Waals surface area contributed by atoms with Gasteiger partial charge in [-0.2, -0.15) is 0 Å². The first-order chi connectivity index (χ1) is 10.9. The molecule has 0 amide bonds. The number of rotatable bonds is 3. The SMILES string of the molecule is O=[N+]([O-])c1cc2c(c([N+](=O)[O-])c1[N+](=O)[O-])OCCCCCCO2. The molecule has 0 N–H and O–H groups in total. The average molecular weight is 327 g/mol. The summed E-state index contributed by atoms with van der Waals surface area (Å²) in [6.07, 6.45) is 2.96. The van der Waals surface area contributed by atoms with Crippen LogP contribution in [0.1, 0.15) is 25.7 Å². The highest BCUT2D eigenvalue weighted by atomic mass is 16.7. The summed E-state index contributed by atoms with van der Waals surface area (Å²) in [6.45, 7) is 0.286. The fraction of sp³-hybridized carbons (Fsp3) is 0.500. The van der Waals surface area contributed by atoms with E-state index in [2.05, 4.69) is 0 Å². The maximum absolute atomic E-state index is 11.3. The standard InChI is InChI=1S/C12H13N3O8/c16-13(17)8-7-9-12(11(15(20)21)10(8)14(18)19)23-6-4-2-1-3-5-22-9/h7H,1-6H2. The lowest BCUT2D eigenvalue weighted by Gasteiger charge is -2.15. The Balaban J connectivity index is 2.71. The van der Waals surface area contributed by atoms with E-state index in [0.717, 1.165) is 18.9 Å². The number of hydrogen-bond acceptors (Lipinski definition) is 8. The number of ether oxygens (including phenoxy) is 2. The van der Waals surface area contributed by atoms with Gasteiger partial charge in [-0.25, -0.2) is 0 Å². The van der Waals surface area contributed by atoms with Crippen molar-refractivity contribution in [1.29, 1.82) is 0 Å². The smallest absolute Gasteiger partial charge is 0.426 e. The zero-order valence-electron chi connectivity index (χ0n) is 11.9. The molecule has 0 aliphatic carbocycles. The van der Waals surface area contributed by atoms with E-state index in [1.165, 1.54) is 0 Å². The third kappa shape index (κ3) is 3.44. The molecule has 23 heavy (non-hydrogen) atoms. The summed E-state index contributed by atoms with van der Waals surface area (Å²) >= 11 is 0.